The van der Waals surface area contributed by atoms with E-state index in [1.807, 2.05) is 36.4 Å². The van der Waals surface area contributed by atoms with Crippen molar-refractivity contribution in [3.05, 3.63) is 54.6 Å². The van der Waals surface area contributed by atoms with Crippen LogP contribution >= 0.6 is 0 Å². The molecule has 0 saturated carbocycles. The Labute approximate surface area is 95.2 Å². The predicted molar refractivity (Wildman–Crippen MR) is 58.7 cm³/mol. The minimum absolute atomic E-state index is 0. The maximum Gasteiger partial charge on any atom is -0.0178 e. The molecule has 2 aromatic rings. The standard InChI is InChI=1S/C12H10O.Li/c1-9(13)11-7-6-10-4-2-3-5-12(10)8-11;/h2-8,13H,1H2;/q;-1/p-1. The van der Waals surface area contributed by atoms with E-state index in [0.717, 1.165) is 10.8 Å². The minimum Gasteiger partial charge on any atom is -1.00 e. The summed E-state index contributed by atoms with van der Waals surface area (Å²) in [5, 5.41) is 13.2. The summed E-state index contributed by atoms with van der Waals surface area (Å²) in [6, 6.07) is 13.6. The van der Waals surface area contributed by atoms with E-state index >= 15 is 0 Å². The summed E-state index contributed by atoms with van der Waals surface area (Å²) >= 11 is 0. The molecule has 0 unspecified atom stereocenters. The molecule has 0 fully saturated rings. The van der Waals surface area contributed by atoms with Gasteiger partial charge in [-0.2, -0.15) is 0 Å². The van der Waals surface area contributed by atoms with Crippen LogP contribution in [-0.4, -0.2) is 18.9 Å². The Hall–Kier alpha value is -1.16. The van der Waals surface area contributed by atoms with E-state index < -0.39 is 0 Å². The molecule has 0 aliphatic rings. The first-order valence-electron chi connectivity index (χ1n) is 4.12. The van der Waals surface area contributed by atoms with Crippen LogP contribution < -0.4 is 5.11 Å². The quantitative estimate of drug-likeness (QED) is 0.479. The zero-order valence-corrected chi connectivity index (χ0v) is 8.16. The second kappa shape index (κ2) is 4.37. The molecule has 0 heterocycles. The zero-order valence-electron chi connectivity index (χ0n) is 8.16. The maximum absolute atomic E-state index is 11.0. The van der Waals surface area contributed by atoms with E-state index in [1.54, 1.807) is 6.07 Å². The fourth-order valence-corrected chi connectivity index (χ4v) is 1.36. The first kappa shape index (κ1) is 10.9. The summed E-state index contributed by atoms with van der Waals surface area (Å²) in [4.78, 5) is 0. The number of fused-ring (bicyclic) bond motifs is 1. The Balaban J connectivity index is 0.000000980. The van der Waals surface area contributed by atoms with E-state index in [1.165, 1.54) is 0 Å². The van der Waals surface area contributed by atoms with Crippen LogP contribution in [0.5, 0.6) is 0 Å². The van der Waals surface area contributed by atoms with Crippen molar-refractivity contribution in [2.24, 2.45) is 0 Å². The van der Waals surface area contributed by atoms with Crippen LogP contribution in [0.15, 0.2) is 49.0 Å². The maximum atomic E-state index is 11.0. The van der Waals surface area contributed by atoms with Gasteiger partial charge in [-0.3, -0.25) is 0 Å². The van der Waals surface area contributed by atoms with Gasteiger partial charge in [0, 0.05) is 0 Å². The van der Waals surface area contributed by atoms with Crippen molar-refractivity contribution in [3.63, 3.8) is 0 Å². The Bertz CT molecular complexity index is 463. The molecule has 0 saturated heterocycles. The number of benzene rings is 2. The van der Waals surface area contributed by atoms with Crippen LogP contribution in [0.4, 0.5) is 0 Å². The SMILES string of the molecule is C=C([O-])c1ccc2ccccc2c1.[Li-]. The van der Waals surface area contributed by atoms with Crippen molar-refractivity contribution in [1.82, 2.24) is 0 Å². The summed E-state index contributed by atoms with van der Waals surface area (Å²) in [7, 11) is 0. The number of rotatable bonds is 1. The molecule has 0 spiro atoms. The average molecular weight is 176 g/mol. The van der Waals surface area contributed by atoms with Crippen LogP contribution in [0.1, 0.15) is 5.56 Å². The predicted octanol–water partition coefficient (Wildman–Crippen LogP) is 1.79. The third kappa shape index (κ3) is 2.01. The van der Waals surface area contributed by atoms with Gasteiger partial charge in [-0.25, -0.2) is 0 Å². The third-order valence-corrected chi connectivity index (χ3v) is 2.07. The Morgan fingerprint density at radius 1 is 1.00 bits per heavy atom. The minimum atomic E-state index is -0.134. The molecule has 14 heavy (non-hydrogen) atoms. The van der Waals surface area contributed by atoms with E-state index in [9.17, 15) is 5.11 Å². The fraction of sp³-hybridized carbons (Fsp3) is 0. The monoisotopic (exact) mass is 176 g/mol. The van der Waals surface area contributed by atoms with Gasteiger partial charge >= 0.3 is 0 Å². The Morgan fingerprint density at radius 3 is 2.29 bits per heavy atom. The van der Waals surface area contributed by atoms with Gasteiger partial charge in [-0.05, 0) is 22.4 Å². The molecule has 2 rings (SSSR count). The first-order chi connectivity index (χ1) is 6.27. The molecular weight excluding hydrogens is 167 g/mol. The topological polar surface area (TPSA) is 23.1 Å². The smallest absolute Gasteiger partial charge is 0.0178 e. The molecule has 66 valence electrons. The third-order valence-electron chi connectivity index (χ3n) is 2.07. The fourth-order valence-electron chi connectivity index (χ4n) is 1.36. The molecule has 0 bridgehead atoms. The normalized spacial score (nSPS) is 9.43. The van der Waals surface area contributed by atoms with Crippen molar-refractivity contribution in [2.45, 2.75) is 0 Å². The summed E-state index contributed by atoms with van der Waals surface area (Å²) in [6.45, 7) is 3.38. The molecule has 1 nitrogen and oxygen atoms in total. The molecular formula is C12H9LiO-2. The molecule has 2 radical (unpaired) electrons. The second-order valence-electron chi connectivity index (χ2n) is 2.99. The number of hydrogen-bond acceptors (Lipinski definition) is 1. The van der Waals surface area contributed by atoms with E-state index in [4.69, 9.17) is 0 Å². The van der Waals surface area contributed by atoms with Crippen LogP contribution in [0.2, 0.25) is 0 Å². The summed E-state index contributed by atoms with van der Waals surface area (Å²) in [6.07, 6.45) is 0. The second-order valence-corrected chi connectivity index (χ2v) is 2.99. The van der Waals surface area contributed by atoms with E-state index in [0.29, 0.717) is 5.56 Å². The van der Waals surface area contributed by atoms with Crippen molar-refractivity contribution in [3.8, 4) is 0 Å². The van der Waals surface area contributed by atoms with Gasteiger partial charge in [-0.15, -0.1) is 12.3 Å². The van der Waals surface area contributed by atoms with Crippen LogP contribution in [0, 0.1) is 0 Å². The van der Waals surface area contributed by atoms with Crippen LogP contribution in [-0.2, 0) is 0 Å². The Kier molecular flexibility index (Phi) is 3.41. The molecule has 0 atom stereocenters. The van der Waals surface area contributed by atoms with Crippen molar-refractivity contribution < 1.29 is 5.11 Å². The van der Waals surface area contributed by atoms with Gasteiger partial charge in [0.2, 0.25) is 0 Å². The van der Waals surface area contributed by atoms with Crippen LogP contribution in [0.25, 0.3) is 16.5 Å². The molecule has 0 aromatic heterocycles. The molecule has 0 amide bonds. The summed E-state index contributed by atoms with van der Waals surface area (Å²) in [5.74, 6) is -0.134. The number of hydrogen-bond donors (Lipinski definition) is 0. The van der Waals surface area contributed by atoms with E-state index in [-0.39, 0.29) is 24.6 Å². The molecule has 0 N–H and O–H groups in total. The van der Waals surface area contributed by atoms with Gasteiger partial charge < -0.3 is 24.0 Å². The molecule has 0 aliphatic carbocycles. The van der Waals surface area contributed by atoms with E-state index in [2.05, 4.69) is 6.58 Å². The van der Waals surface area contributed by atoms with Crippen LogP contribution in [0.3, 0.4) is 0 Å². The van der Waals surface area contributed by atoms with Crippen molar-refractivity contribution >= 4 is 35.4 Å². The average Bonchev–Trinajstić information content (AvgIpc) is 2.17. The largest absolute Gasteiger partial charge is 1.00 e. The van der Waals surface area contributed by atoms with Crippen molar-refractivity contribution in [1.29, 1.82) is 0 Å². The van der Waals surface area contributed by atoms with Gasteiger partial charge in [0.25, 0.3) is 0 Å². The van der Waals surface area contributed by atoms with Gasteiger partial charge in [0.1, 0.15) is 0 Å². The molecule has 0 aliphatic heterocycles. The summed E-state index contributed by atoms with van der Waals surface area (Å²) < 4.78 is 0. The van der Waals surface area contributed by atoms with Gasteiger partial charge in [0.05, 0.1) is 0 Å². The van der Waals surface area contributed by atoms with Crippen molar-refractivity contribution in [2.75, 3.05) is 0 Å². The van der Waals surface area contributed by atoms with Gasteiger partial charge in [-0.1, -0.05) is 36.4 Å². The summed E-state index contributed by atoms with van der Waals surface area (Å²) in [5.41, 5.74) is 0.665. The first-order valence-corrected chi connectivity index (χ1v) is 4.12. The zero-order chi connectivity index (χ0) is 9.26. The Morgan fingerprint density at radius 2 is 1.64 bits per heavy atom. The van der Waals surface area contributed by atoms with Gasteiger partial charge in [0.15, 0.2) is 0 Å². The molecule has 2 aromatic carbocycles. The molecule has 2 heteroatoms.